The van der Waals surface area contributed by atoms with Crippen molar-refractivity contribution in [1.29, 1.82) is 0 Å². The normalized spacial score (nSPS) is 29.3. The van der Waals surface area contributed by atoms with Crippen molar-refractivity contribution in [2.24, 2.45) is 5.92 Å². The Labute approximate surface area is 142 Å². The summed E-state index contributed by atoms with van der Waals surface area (Å²) in [7, 11) is 0. The van der Waals surface area contributed by atoms with E-state index in [1.54, 1.807) is 0 Å². The first-order valence-corrected chi connectivity index (χ1v) is 9.27. The van der Waals surface area contributed by atoms with E-state index in [9.17, 15) is 4.79 Å². The standard InChI is InChI=1S/C19H24N4O/c1-2-17-20-15-5-3-4-14-18(15)23(17)11-10-22(19(14)24)16-12-21-8-6-13(16)7-9-21/h3-5,13,16H,2,6-12H2,1H3. The first-order chi connectivity index (χ1) is 11.8. The van der Waals surface area contributed by atoms with Gasteiger partial charge in [0.05, 0.1) is 16.6 Å². The Hall–Kier alpha value is -1.88. The molecule has 3 saturated heterocycles. The molecule has 5 heterocycles. The molecule has 4 aliphatic rings. The lowest BCUT2D eigenvalue weighted by Crippen LogP contribution is -2.58. The third kappa shape index (κ3) is 1.97. The van der Waals surface area contributed by atoms with Crippen LogP contribution in [0.25, 0.3) is 11.0 Å². The summed E-state index contributed by atoms with van der Waals surface area (Å²) in [4.78, 5) is 22.8. The van der Waals surface area contributed by atoms with E-state index >= 15 is 0 Å². The van der Waals surface area contributed by atoms with E-state index in [1.165, 1.54) is 25.9 Å². The molecule has 0 N–H and O–H groups in total. The zero-order valence-electron chi connectivity index (χ0n) is 14.2. The van der Waals surface area contributed by atoms with Crippen LogP contribution in [0.15, 0.2) is 18.2 Å². The number of piperidine rings is 3. The van der Waals surface area contributed by atoms with Gasteiger partial charge in [-0.15, -0.1) is 0 Å². The van der Waals surface area contributed by atoms with Gasteiger partial charge in [-0.05, 0) is 44.0 Å². The van der Waals surface area contributed by atoms with Gasteiger partial charge in [0.2, 0.25) is 0 Å². The Kier molecular flexibility index (Phi) is 3.20. The summed E-state index contributed by atoms with van der Waals surface area (Å²) in [5.41, 5.74) is 2.85. The molecule has 0 radical (unpaired) electrons. The van der Waals surface area contributed by atoms with Crippen molar-refractivity contribution in [3.8, 4) is 0 Å². The number of fused-ring (bicyclic) bond motifs is 3. The predicted molar refractivity (Wildman–Crippen MR) is 93.1 cm³/mol. The topological polar surface area (TPSA) is 41.4 Å². The van der Waals surface area contributed by atoms with Gasteiger partial charge in [-0.3, -0.25) is 4.79 Å². The van der Waals surface area contributed by atoms with E-state index in [0.29, 0.717) is 12.0 Å². The van der Waals surface area contributed by atoms with Gasteiger partial charge in [0.1, 0.15) is 5.82 Å². The SMILES string of the molecule is CCc1nc2cccc3c2n1CCN(C1CN2CCC1CC2)C3=O. The maximum Gasteiger partial charge on any atom is 0.256 e. The van der Waals surface area contributed by atoms with E-state index < -0.39 is 0 Å². The number of rotatable bonds is 2. The average Bonchev–Trinajstić information content (AvgIpc) is 2.93. The van der Waals surface area contributed by atoms with Crippen molar-refractivity contribution < 1.29 is 4.79 Å². The minimum atomic E-state index is 0.209. The third-order valence-electron chi connectivity index (χ3n) is 6.24. The molecule has 2 aromatic rings. The summed E-state index contributed by atoms with van der Waals surface area (Å²) >= 11 is 0. The quantitative estimate of drug-likeness (QED) is 0.850. The van der Waals surface area contributed by atoms with Crippen LogP contribution in [0.3, 0.4) is 0 Å². The minimum Gasteiger partial charge on any atom is -0.332 e. The Balaban J connectivity index is 1.58. The fourth-order valence-corrected chi connectivity index (χ4v) is 4.98. The molecule has 6 rings (SSSR count). The summed E-state index contributed by atoms with van der Waals surface area (Å²) in [6.07, 6.45) is 3.39. The number of benzene rings is 1. The average molecular weight is 324 g/mol. The molecule has 1 amide bonds. The van der Waals surface area contributed by atoms with Gasteiger partial charge in [0, 0.05) is 32.1 Å². The van der Waals surface area contributed by atoms with Crippen LogP contribution in [0.4, 0.5) is 0 Å². The second kappa shape index (κ2) is 5.31. The number of hydrogen-bond donors (Lipinski definition) is 0. The number of nitrogens with zero attached hydrogens (tertiary/aromatic N) is 4. The van der Waals surface area contributed by atoms with Crippen molar-refractivity contribution in [2.75, 3.05) is 26.2 Å². The molecule has 5 nitrogen and oxygen atoms in total. The molecule has 5 heteroatoms. The highest BCUT2D eigenvalue weighted by molar-refractivity contribution is 6.05. The van der Waals surface area contributed by atoms with Gasteiger partial charge in [-0.1, -0.05) is 13.0 Å². The van der Waals surface area contributed by atoms with Crippen LogP contribution in [0.2, 0.25) is 0 Å². The molecule has 24 heavy (non-hydrogen) atoms. The molecular weight excluding hydrogens is 300 g/mol. The molecule has 126 valence electrons. The van der Waals surface area contributed by atoms with Crippen LogP contribution < -0.4 is 0 Å². The van der Waals surface area contributed by atoms with Gasteiger partial charge < -0.3 is 14.4 Å². The van der Waals surface area contributed by atoms with Crippen molar-refractivity contribution >= 4 is 16.9 Å². The van der Waals surface area contributed by atoms with Crippen LogP contribution in [0.5, 0.6) is 0 Å². The highest BCUT2D eigenvalue weighted by Crippen LogP contribution is 2.34. The zero-order valence-corrected chi connectivity index (χ0v) is 14.2. The first-order valence-electron chi connectivity index (χ1n) is 9.27. The summed E-state index contributed by atoms with van der Waals surface area (Å²) in [6, 6.07) is 6.39. The van der Waals surface area contributed by atoms with Crippen molar-refractivity contribution in [3.63, 3.8) is 0 Å². The summed E-state index contributed by atoms with van der Waals surface area (Å²) in [6.45, 7) is 7.29. The first kappa shape index (κ1) is 14.5. The van der Waals surface area contributed by atoms with Crippen LogP contribution in [-0.2, 0) is 13.0 Å². The molecular formula is C19H24N4O. The Morgan fingerprint density at radius 3 is 2.71 bits per heavy atom. The van der Waals surface area contributed by atoms with Crippen LogP contribution >= 0.6 is 0 Å². The zero-order chi connectivity index (χ0) is 16.3. The van der Waals surface area contributed by atoms with Crippen molar-refractivity contribution in [2.45, 2.75) is 38.8 Å². The lowest BCUT2D eigenvalue weighted by Gasteiger charge is -2.48. The highest BCUT2D eigenvalue weighted by atomic mass is 16.2. The molecule has 2 bridgehead atoms. The number of carbonyl (C=O) groups is 1. The molecule has 3 fully saturated rings. The molecule has 0 spiro atoms. The van der Waals surface area contributed by atoms with Crippen molar-refractivity contribution in [3.05, 3.63) is 29.6 Å². The van der Waals surface area contributed by atoms with E-state index in [1.807, 2.05) is 18.2 Å². The van der Waals surface area contributed by atoms with Gasteiger partial charge in [-0.2, -0.15) is 0 Å². The van der Waals surface area contributed by atoms with Crippen molar-refractivity contribution in [1.82, 2.24) is 19.4 Å². The number of aryl methyl sites for hydroxylation is 1. The summed E-state index contributed by atoms with van der Waals surface area (Å²) < 4.78 is 2.28. The number of imidazole rings is 1. The van der Waals surface area contributed by atoms with E-state index in [4.69, 9.17) is 4.98 Å². The lowest BCUT2D eigenvalue weighted by atomic mass is 9.83. The third-order valence-corrected chi connectivity index (χ3v) is 6.24. The fourth-order valence-electron chi connectivity index (χ4n) is 4.98. The number of carbonyl (C=O) groups excluding carboxylic acids is 1. The molecule has 0 aliphatic carbocycles. The smallest absolute Gasteiger partial charge is 0.256 e. The second-order valence-corrected chi connectivity index (χ2v) is 7.41. The maximum atomic E-state index is 13.4. The molecule has 1 atom stereocenters. The Morgan fingerprint density at radius 2 is 2.00 bits per heavy atom. The number of hydrogen-bond acceptors (Lipinski definition) is 3. The largest absolute Gasteiger partial charge is 0.332 e. The van der Waals surface area contributed by atoms with E-state index in [-0.39, 0.29) is 5.91 Å². The van der Waals surface area contributed by atoms with Gasteiger partial charge in [0.25, 0.3) is 5.91 Å². The summed E-state index contributed by atoms with van der Waals surface area (Å²) in [5.74, 6) is 1.99. The van der Waals surface area contributed by atoms with Gasteiger partial charge in [0.15, 0.2) is 0 Å². The number of amides is 1. The van der Waals surface area contributed by atoms with E-state index in [0.717, 1.165) is 48.5 Å². The van der Waals surface area contributed by atoms with Crippen LogP contribution in [0, 0.1) is 5.92 Å². The monoisotopic (exact) mass is 324 g/mol. The molecule has 4 aliphatic heterocycles. The number of aromatic nitrogens is 2. The fraction of sp³-hybridized carbons (Fsp3) is 0.579. The minimum absolute atomic E-state index is 0.209. The molecule has 1 unspecified atom stereocenters. The maximum absolute atomic E-state index is 13.4. The molecule has 1 aromatic heterocycles. The Bertz CT molecular complexity index is 803. The Morgan fingerprint density at radius 1 is 1.17 bits per heavy atom. The van der Waals surface area contributed by atoms with Crippen LogP contribution in [0.1, 0.15) is 35.9 Å². The lowest BCUT2D eigenvalue weighted by molar-refractivity contribution is 0.00721. The predicted octanol–water partition coefficient (Wildman–Crippen LogP) is 2.15. The summed E-state index contributed by atoms with van der Waals surface area (Å²) in [5, 5.41) is 0. The number of para-hydroxylation sites is 1. The highest BCUT2D eigenvalue weighted by Gasteiger charge is 2.40. The van der Waals surface area contributed by atoms with Gasteiger partial charge >= 0.3 is 0 Å². The van der Waals surface area contributed by atoms with E-state index in [2.05, 4.69) is 21.3 Å². The van der Waals surface area contributed by atoms with Gasteiger partial charge in [-0.25, -0.2) is 4.98 Å². The van der Waals surface area contributed by atoms with Crippen LogP contribution in [-0.4, -0.2) is 57.5 Å². The molecule has 0 saturated carbocycles. The second-order valence-electron chi connectivity index (χ2n) is 7.41. The molecule has 1 aromatic carbocycles.